The van der Waals surface area contributed by atoms with Crippen LogP contribution in [0.2, 0.25) is 4.34 Å². The molecule has 1 unspecified atom stereocenters. The van der Waals surface area contributed by atoms with E-state index in [4.69, 9.17) is 17.3 Å². The van der Waals surface area contributed by atoms with Crippen LogP contribution in [0.1, 0.15) is 10.1 Å². The van der Waals surface area contributed by atoms with Crippen molar-refractivity contribution in [3.63, 3.8) is 0 Å². The summed E-state index contributed by atoms with van der Waals surface area (Å²) < 4.78 is 2.13. The van der Waals surface area contributed by atoms with E-state index in [1.54, 1.807) is 22.7 Å². The van der Waals surface area contributed by atoms with E-state index in [2.05, 4.69) is 23.6 Å². The molecule has 15 heavy (non-hydrogen) atoms. The molecule has 0 spiro atoms. The predicted octanol–water partition coefficient (Wildman–Crippen LogP) is 4.26. The normalized spacial score (nSPS) is 12.9. The fraction of sp³-hybridized carbons (Fsp3) is 0.200. The molecule has 0 radical (unpaired) electrons. The van der Waals surface area contributed by atoms with Crippen LogP contribution in [0.4, 0.5) is 0 Å². The minimum absolute atomic E-state index is 0.321. The van der Waals surface area contributed by atoms with E-state index in [0.717, 1.165) is 4.34 Å². The molecule has 0 amide bonds. The van der Waals surface area contributed by atoms with Crippen molar-refractivity contribution in [2.45, 2.75) is 9.46 Å². The first kappa shape index (κ1) is 11.5. The van der Waals surface area contributed by atoms with Gasteiger partial charge in [0.1, 0.15) is 0 Å². The lowest BCUT2D eigenvalue weighted by molar-refractivity contribution is 0.962. The molecule has 2 rings (SSSR count). The fourth-order valence-corrected chi connectivity index (χ4v) is 4.45. The van der Waals surface area contributed by atoms with Crippen molar-refractivity contribution < 1.29 is 0 Å². The molecule has 0 aliphatic carbocycles. The Labute approximate surface area is 106 Å². The Hall–Kier alpha value is -0.0000000000000000278. The van der Waals surface area contributed by atoms with Crippen molar-refractivity contribution in [3.05, 3.63) is 38.9 Å². The van der Waals surface area contributed by atoms with Gasteiger partial charge in [0.05, 0.1) is 13.8 Å². The zero-order valence-corrected chi connectivity index (χ0v) is 11.1. The van der Waals surface area contributed by atoms with Gasteiger partial charge in [0.2, 0.25) is 0 Å². The molecule has 1 atom stereocenters. The van der Waals surface area contributed by atoms with Crippen molar-refractivity contribution in [2.24, 2.45) is 5.73 Å². The van der Waals surface area contributed by atoms with Gasteiger partial charge in [-0.15, -0.1) is 34.4 Å². The SMILES string of the molecule is NCC(Sc1cccs1)c1ccc(Cl)s1. The summed E-state index contributed by atoms with van der Waals surface area (Å²) >= 11 is 11.1. The number of thioether (sulfide) groups is 1. The van der Waals surface area contributed by atoms with Crippen molar-refractivity contribution >= 4 is 46.0 Å². The van der Waals surface area contributed by atoms with Gasteiger partial charge >= 0.3 is 0 Å². The van der Waals surface area contributed by atoms with Gasteiger partial charge in [-0.3, -0.25) is 0 Å². The predicted molar refractivity (Wildman–Crippen MR) is 71.3 cm³/mol. The van der Waals surface area contributed by atoms with Gasteiger partial charge in [0, 0.05) is 11.4 Å². The summed E-state index contributed by atoms with van der Waals surface area (Å²) in [6.07, 6.45) is 0. The lowest BCUT2D eigenvalue weighted by Crippen LogP contribution is -2.07. The van der Waals surface area contributed by atoms with Crippen LogP contribution in [-0.4, -0.2) is 6.54 Å². The minimum Gasteiger partial charge on any atom is -0.329 e. The number of halogens is 1. The minimum atomic E-state index is 0.321. The quantitative estimate of drug-likeness (QED) is 0.844. The van der Waals surface area contributed by atoms with Crippen LogP contribution < -0.4 is 5.73 Å². The first-order valence-corrected chi connectivity index (χ1v) is 7.40. The van der Waals surface area contributed by atoms with Crippen LogP contribution in [0.25, 0.3) is 0 Å². The summed E-state index contributed by atoms with van der Waals surface area (Å²) in [6, 6.07) is 8.17. The molecule has 1 nitrogen and oxygen atoms in total. The van der Waals surface area contributed by atoms with Gasteiger partial charge in [-0.05, 0) is 23.6 Å². The van der Waals surface area contributed by atoms with E-state index in [-0.39, 0.29) is 0 Å². The standard InChI is InChI=1S/C10H10ClNS3/c11-9-4-3-7(14-9)8(6-12)15-10-2-1-5-13-10/h1-5,8H,6,12H2. The number of thiophene rings is 2. The van der Waals surface area contributed by atoms with Gasteiger partial charge in [-0.1, -0.05) is 17.7 Å². The molecule has 0 aliphatic heterocycles. The first-order valence-electron chi connectivity index (χ1n) is 4.45. The Balaban J connectivity index is 2.11. The molecule has 0 aromatic carbocycles. The molecule has 2 aromatic rings. The number of nitrogens with two attached hydrogens (primary N) is 1. The van der Waals surface area contributed by atoms with Gasteiger partial charge < -0.3 is 5.73 Å². The Kier molecular flexibility index (Phi) is 4.11. The van der Waals surface area contributed by atoms with Crippen LogP contribution in [0.3, 0.4) is 0 Å². The molecule has 80 valence electrons. The van der Waals surface area contributed by atoms with E-state index in [0.29, 0.717) is 11.8 Å². The van der Waals surface area contributed by atoms with Crippen molar-refractivity contribution in [2.75, 3.05) is 6.54 Å². The monoisotopic (exact) mass is 275 g/mol. The summed E-state index contributed by atoms with van der Waals surface area (Å²) in [5.41, 5.74) is 5.78. The van der Waals surface area contributed by atoms with Crippen molar-refractivity contribution in [1.82, 2.24) is 0 Å². The van der Waals surface area contributed by atoms with Crippen molar-refractivity contribution in [1.29, 1.82) is 0 Å². The molecule has 0 fully saturated rings. The Morgan fingerprint density at radius 2 is 2.27 bits per heavy atom. The molecule has 2 N–H and O–H groups in total. The average Bonchev–Trinajstić information content (AvgIpc) is 2.85. The molecule has 0 saturated carbocycles. The van der Waals surface area contributed by atoms with Gasteiger partial charge in [0.25, 0.3) is 0 Å². The summed E-state index contributed by atoms with van der Waals surface area (Å²) in [6.45, 7) is 0.638. The molecule has 5 heteroatoms. The fourth-order valence-electron chi connectivity index (χ4n) is 1.19. The van der Waals surface area contributed by atoms with Gasteiger partial charge in [-0.2, -0.15) is 0 Å². The third kappa shape index (κ3) is 2.98. The maximum Gasteiger partial charge on any atom is 0.0931 e. The largest absolute Gasteiger partial charge is 0.329 e. The lowest BCUT2D eigenvalue weighted by atomic mass is 10.3. The smallest absolute Gasteiger partial charge is 0.0931 e. The second-order valence-electron chi connectivity index (χ2n) is 2.92. The highest BCUT2D eigenvalue weighted by Crippen LogP contribution is 2.40. The van der Waals surface area contributed by atoms with E-state index in [1.165, 1.54) is 9.09 Å². The highest BCUT2D eigenvalue weighted by Gasteiger charge is 2.14. The molecule has 0 bridgehead atoms. The van der Waals surface area contributed by atoms with Crippen LogP contribution in [-0.2, 0) is 0 Å². The molecule has 2 aromatic heterocycles. The molecular formula is C10H10ClNS3. The van der Waals surface area contributed by atoms with Crippen LogP contribution in [0.15, 0.2) is 33.9 Å². The second kappa shape index (κ2) is 5.37. The summed E-state index contributed by atoms with van der Waals surface area (Å²) in [5, 5.41) is 2.40. The number of hydrogen-bond acceptors (Lipinski definition) is 4. The second-order valence-corrected chi connectivity index (χ2v) is 7.11. The maximum absolute atomic E-state index is 5.91. The van der Waals surface area contributed by atoms with Crippen LogP contribution in [0.5, 0.6) is 0 Å². The van der Waals surface area contributed by atoms with Crippen molar-refractivity contribution in [3.8, 4) is 0 Å². The number of rotatable bonds is 4. The van der Waals surface area contributed by atoms with E-state index in [1.807, 2.05) is 17.8 Å². The topological polar surface area (TPSA) is 26.0 Å². The van der Waals surface area contributed by atoms with Crippen LogP contribution >= 0.6 is 46.0 Å². The van der Waals surface area contributed by atoms with E-state index in [9.17, 15) is 0 Å². The van der Waals surface area contributed by atoms with E-state index < -0.39 is 0 Å². The third-order valence-electron chi connectivity index (χ3n) is 1.88. The average molecular weight is 276 g/mol. The zero-order valence-electron chi connectivity index (χ0n) is 7.85. The van der Waals surface area contributed by atoms with E-state index >= 15 is 0 Å². The van der Waals surface area contributed by atoms with Crippen LogP contribution in [0, 0.1) is 0 Å². The third-order valence-corrected chi connectivity index (χ3v) is 5.71. The Bertz CT molecular complexity index is 410. The summed E-state index contributed by atoms with van der Waals surface area (Å²) in [4.78, 5) is 1.25. The molecular weight excluding hydrogens is 266 g/mol. The summed E-state index contributed by atoms with van der Waals surface area (Å²) in [5.74, 6) is 0. The lowest BCUT2D eigenvalue weighted by Gasteiger charge is -2.10. The van der Waals surface area contributed by atoms with Gasteiger partial charge in [-0.25, -0.2) is 0 Å². The Morgan fingerprint density at radius 1 is 1.40 bits per heavy atom. The maximum atomic E-state index is 5.91. The number of hydrogen-bond donors (Lipinski definition) is 1. The van der Waals surface area contributed by atoms with Gasteiger partial charge in [0.15, 0.2) is 0 Å². The Morgan fingerprint density at radius 3 is 2.80 bits per heavy atom. The highest BCUT2D eigenvalue weighted by molar-refractivity contribution is 8.01. The molecule has 2 heterocycles. The molecule has 0 saturated heterocycles. The summed E-state index contributed by atoms with van der Waals surface area (Å²) in [7, 11) is 0. The highest BCUT2D eigenvalue weighted by atomic mass is 35.5. The zero-order chi connectivity index (χ0) is 10.7. The first-order chi connectivity index (χ1) is 7.29. The molecule has 0 aliphatic rings.